The van der Waals surface area contributed by atoms with Gasteiger partial charge in [-0.2, -0.15) is 0 Å². The van der Waals surface area contributed by atoms with Crippen LogP contribution in [0, 0.1) is 5.41 Å². The van der Waals surface area contributed by atoms with Crippen molar-refractivity contribution in [3.63, 3.8) is 0 Å². The summed E-state index contributed by atoms with van der Waals surface area (Å²) in [5.41, 5.74) is 8.78. The lowest BCUT2D eigenvalue weighted by Crippen LogP contribution is -2.52. The molecule has 0 radical (unpaired) electrons. The first-order valence-corrected chi connectivity index (χ1v) is 10.3. The van der Waals surface area contributed by atoms with Crippen LogP contribution in [0.5, 0.6) is 0 Å². The molecule has 4 rings (SSSR count). The zero-order chi connectivity index (χ0) is 20.4. The third-order valence-electron chi connectivity index (χ3n) is 6.40. The number of ether oxygens (including phenoxy) is 1. The van der Waals surface area contributed by atoms with Crippen molar-refractivity contribution in [2.75, 3.05) is 26.3 Å². The highest BCUT2D eigenvalue weighted by atomic mass is 16.5. The lowest BCUT2D eigenvalue weighted by Gasteiger charge is -2.36. The van der Waals surface area contributed by atoms with Gasteiger partial charge in [0.05, 0.1) is 0 Å². The van der Waals surface area contributed by atoms with Gasteiger partial charge in [0.1, 0.15) is 6.04 Å². The number of rotatable bonds is 6. The van der Waals surface area contributed by atoms with E-state index in [4.69, 9.17) is 10.5 Å². The lowest BCUT2D eigenvalue weighted by atomic mass is 9.80. The van der Waals surface area contributed by atoms with Crippen molar-refractivity contribution in [3.8, 4) is 0 Å². The Kier molecular flexibility index (Phi) is 5.67. The van der Waals surface area contributed by atoms with Gasteiger partial charge in [-0.15, -0.1) is 0 Å². The van der Waals surface area contributed by atoms with E-state index in [9.17, 15) is 14.4 Å². The highest BCUT2D eigenvalue weighted by Gasteiger charge is 2.39. The normalized spacial score (nSPS) is 23.8. The highest BCUT2D eigenvalue weighted by Crippen LogP contribution is 2.30. The van der Waals surface area contributed by atoms with Gasteiger partial charge in [-0.1, -0.05) is 12.1 Å². The third kappa shape index (κ3) is 4.05. The second-order valence-electron chi connectivity index (χ2n) is 8.31. The summed E-state index contributed by atoms with van der Waals surface area (Å²) in [5, 5.41) is 5.85. The molecule has 8 nitrogen and oxygen atoms in total. The summed E-state index contributed by atoms with van der Waals surface area (Å²) < 4.78 is 5.46. The van der Waals surface area contributed by atoms with Gasteiger partial charge in [-0.05, 0) is 48.4 Å². The first kappa shape index (κ1) is 20.0. The van der Waals surface area contributed by atoms with Gasteiger partial charge in [0, 0.05) is 44.8 Å². The number of hydrogen-bond donors (Lipinski definition) is 3. The Balaban J connectivity index is 1.38. The van der Waals surface area contributed by atoms with Gasteiger partial charge in [-0.3, -0.25) is 19.7 Å². The predicted octanol–water partition coefficient (Wildman–Crippen LogP) is 0.293. The van der Waals surface area contributed by atoms with E-state index in [1.807, 2.05) is 18.2 Å². The van der Waals surface area contributed by atoms with Crippen LogP contribution in [0.3, 0.4) is 0 Å². The van der Waals surface area contributed by atoms with E-state index in [-0.39, 0.29) is 29.6 Å². The molecule has 3 aliphatic rings. The van der Waals surface area contributed by atoms with Crippen LogP contribution >= 0.6 is 0 Å². The number of nitrogens with two attached hydrogens (primary N) is 1. The average molecular weight is 400 g/mol. The Hall–Kier alpha value is -2.29. The smallest absolute Gasteiger partial charge is 0.255 e. The van der Waals surface area contributed by atoms with E-state index in [1.165, 1.54) is 0 Å². The standard InChI is InChI=1S/C21H28N4O4/c22-12-21(5-7-29-8-6-21)13-23-10-14-1-2-16-15(9-14)11-25(20(16)28)17-3-4-18(26)24-19(17)27/h1-2,9,17,23H,3-8,10-13,22H2,(H,24,26,27). The van der Waals surface area contributed by atoms with Gasteiger partial charge in [0.2, 0.25) is 11.8 Å². The Bertz CT molecular complexity index is 819. The second kappa shape index (κ2) is 8.22. The second-order valence-corrected chi connectivity index (χ2v) is 8.31. The molecule has 3 aliphatic heterocycles. The van der Waals surface area contributed by atoms with Crippen molar-refractivity contribution in [1.29, 1.82) is 0 Å². The van der Waals surface area contributed by atoms with Gasteiger partial charge in [0.15, 0.2) is 0 Å². The summed E-state index contributed by atoms with van der Waals surface area (Å²) in [4.78, 5) is 37.9. The lowest BCUT2D eigenvalue weighted by molar-refractivity contribution is -0.136. The molecule has 156 valence electrons. The molecule has 3 heterocycles. The summed E-state index contributed by atoms with van der Waals surface area (Å²) in [6.45, 7) is 4.10. The van der Waals surface area contributed by atoms with E-state index < -0.39 is 6.04 Å². The quantitative estimate of drug-likeness (QED) is 0.592. The molecule has 3 amide bonds. The molecular formula is C21H28N4O4. The minimum atomic E-state index is -0.577. The largest absolute Gasteiger partial charge is 0.381 e. The van der Waals surface area contributed by atoms with Gasteiger partial charge >= 0.3 is 0 Å². The molecule has 0 aromatic heterocycles. The first-order chi connectivity index (χ1) is 14.0. The molecule has 0 aliphatic carbocycles. The van der Waals surface area contributed by atoms with E-state index in [0.29, 0.717) is 31.6 Å². The van der Waals surface area contributed by atoms with Crippen molar-refractivity contribution in [2.45, 2.75) is 44.8 Å². The van der Waals surface area contributed by atoms with E-state index in [1.54, 1.807) is 4.90 Å². The fourth-order valence-corrected chi connectivity index (χ4v) is 4.47. The average Bonchev–Trinajstić information content (AvgIpc) is 3.04. The Morgan fingerprint density at radius 1 is 1.24 bits per heavy atom. The van der Waals surface area contributed by atoms with Crippen LogP contribution in [0.25, 0.3) is 0 Å². The Labute approximate surface area is 170 Å². The van der Waals surface area contributed by atoms with Gasteiger partial charge in [0.25, 0.3) is 5.91 Å². The number of imide groups is 1. The molecule has 2 fully saturated rings. The predicted molar refractivity (Wildman–Crippen MR) is 106 cm³/mol. The van der Waals surface area contributed by atoms with Crippen LogP contribution in [0.15, 0.2) is 18.2 Å². The highest BCUT2D eigenvalue weighted by molar-refractivity contribution is 6.05. The summed E-state index contributed by atoms with van der Waals surface area (Å²) in [7, 11) is 0. The number of carbonyl (C=O) groups is 3. The minimum absolute atomic E-state index is 0.0908. The number of amides is 3. The number of benzene rings is 1. The van der Waals surface area contributed by atoms with Crippen molar-refractivity contribution in [2.24, 2.45) is 11.1 Å². The Morgan fingerprint density at radius 3 is 2.76 bits per heavy atom. The molecule has 0 bridgehead atoms. The Morgan fingerprint density at radius 2 is 2.03 bits per heavy atom. The van der Waals surface area contributed by atoms with E-state index in [0.717, 1.165) is 43.7 Å². The number of hydrogen-bond acceptors (Lipinski definition) is 6. The van der Waals surface area contributed by atoms with Crippen LogP contribution in [0.2, 0.25) is 0 Å². The molecule has 0 saturated carbocycles. The van der Waals surface area contributed by atoms with Crippen LogP contribution < -0.4 is 16.4 Å². The monoisotopic (exact) mass is 400 g/mol. The molecule has 29 heavy (non-hydrogen) atoms. The number of carbonyl (C=O) groups excluding carboxylic acids is 3. The van der Waals surface area contributed by atoms with Gasteiger partial charge in [-0.25, -0.2) is 0 Å². The minimum Gasteiger partial charge on any atom is -0.381 e. The van der Waals surface area contributed by atoms with Crippen LogP contribution in [-0.2, 0) is 27.4 Å². The fourth-order valence-electron chi connectivity index (χ4n) is 4.47. The van der Waals surface area contributed by atoms with Crippen molar-refractivity contribution in [3.05, 3.63) is 34.9 Å². The van der Waals surface area contributed by atoms with Crippen molar-refractivity contribution in [1.82, 2.24) is 15.5 Å². The summed E-state index contributed by atoms with van der Waals surface area (Å²) >= 11 is 0. The van der Waals surface area contributed by atoms with Crippen LogP contribution in [0.1, 0.15) is 47.2 Å². The maximum Gasteiger partial charge on any atom is 0.255 e. The molecule has 1 unspecified atom stereocenters. The zero-order valence-electron chi connectivity index (χ0n) is 16.5. The van der Waals surface area contributed by atoms with Crippen LogP contribution in [-0.4, -0.2) is 55.0 Å². The zero-order valence-corrected chi connectivity index (χ0v) is 16.5. The third-order valence-corrected chi connectivity index (χ3v) is 6.40. The summed E-state index contributed by atoms with van der Waals surface area (Å²) in [6, 6.07) is 5.25. The molecular weight excluding hydrogens is 372 g/mol. The fraction of sp³-hybridized carbons (Fsp3) is 0.571. The summed E-state index contributed by atoms with van der Waals surface area (Å²) in [6.07, 6.45) is 2.58. The number of piperidine rings is 1. The SMILES string of the molecule is NCC1(CNCc2ccc3c(c2)CN(C2CCC(=O)NC2=O)C3=O)CCOCC1. The van der Waals surface area contributed by atoms with Crippen molar-refractivity contribution >= 4 is 17.7 Å². The molecule has 1 aromatic carbocycles. The number of nitrogens with one attached hydrogen (secondary N) is 2. The number of fused-ring (bicyclic) bond motifs is 1. The number of nitrogens with zero attached hydrogens (tertiary/aromatic N) is 1. The summed E-state index contributed by atoms with van der Waals surface area (Å²) in [5.74, 6) is -0.797. The topological polar surface area (TPSA) is 114 Å². The molecule has 2 saturated heterocycles. The maximum atomic E-state index is 12.8. The van der Waals surface area contributed by atoms with Crippen LogP contribution in [0.4, 0.5) is 0 Å². The molecule has 1 aromatic rings. The molecule has 4 N–H and O–H groups in total. The molecule has 8 heteroatoms. The first-order valence-electron chi connectivity index (χ1n) is 10.3. The van der Waals surface area contributed by atoms with Gasteiger partial charge < -0.3 is 20.7 Å². The van der Waals surface area contributed by atoms with E-state index in [2.05, 4.69) is 10.6 Å². The van der Waals surface area contributed by atoms with E-state index >= 15 is 0 Å². The molecule has 0 spiro atoms. The van der Waals surface area contributed by atoms with Crippen molar-refractivity contribution < 1.29 is 19.1 Å². The molecule has 1 atom stereocenters. The maximum absolute atomic E-state index is 12.8.